The molecule has 0 radical (unpaired) electrons. The van der Waals surface area contributed by atoms with Crippen molar-refractivity contribution in [2.75, 3.05) is 11.5 Å². The first-order valence-electron chi connectivity index (χ1n) is 6.14. The number of H-pyrrole nitrogens is 1. The lowest BCUT2D eigenvalue weighted by atomic mass is 9.99. The van der Waals surface area contributed by atoms with E-state index in [1.165, 1.54) is 30.4 Å². The normalized spacial score (nSPS) is 17.4. The number of imidazole rings is 1. The smallest absolute Gasteiger partial charge is 0.161 e. The molecule has 3 rings (SSSR count). The number of benzene rings is 1. The van der Waals surface area contributed by atoms with Gasteiger partial charge in [0, 0.05) is 18.6 Å². The van der Waals surface area contributed by atoms with Gasteiger partial charge in [-0.15, -0.1) is 0 Å². The molecule has 0 amide bonds. The number of thioether (sulfide) groups is 1. The predicted molar refractivity (Wildman–Crippen MR) is 69.8 cm³/mol. The van der Waals surface area contributed by atoms with Crippen molar-refractivity contribution in [2.45, 2.75) is 19.3 Å². The van der Waals surface area contributed by atoms with E-state index in [-0.39, 0.29) is 0 Å². The van der Waals surface area contributed by atoms with E-state index >= 15 is 0 Å². The van der Waals surface area contributed by atoms with Crippen LogP contribution in [0.15, 0.2) is 12.1 Å². The molecule has 1 aliphatic rings. The number of aromatic nitrogens is 2. The summed E-state index contributed by atoms with van der Waals surface area (Å²) in [5.74, 6) is 2.22. The summed E-state index contributed by atoms with van der Waals surface area (Å²) in [5.41, 5.74) is 1.09. The van der Waals surface area contributed by atoms with Crippen LogP contribution in [0.4, 0.5) is 8.78 Å². The number of hydrogen-bond acceptors (Lipinski definition) is 2. The van der Waals surface area contributed by atoms with Crippen molar-refractivity contribution >= 4 is 22.8 Å². The van der Waals surface area contributed by atoms with Crippen LogP contribution in [0.3, 0.4) is 0 Å². The monoisotopic (exact) mass is 268 g/mol. The molecule has 1 fully saturated rings. The second-order valence-electron chi connectivity index (χ2n) is 4.73. The summed E-state index contributed by atoms with van der Waals surface area (Å²) < 4.78 is 26.2. The van der Waals surface area contributed by atoms with Crippen LogP contribution in [0.2, 0.25) is 0 Å². The Morgan fingerprint density at radius 2 is 1.94 bits per heavy atom. The third kappa shape index (κ3) is 2.36. The summed E-state index contributed by atoms with van der Waals surface area (Å²) in [6.45, 7) is 0. The van der Waals surface area contributed by atoms with E-state index in [0.717, 1.165) is 18.3 Å². The molecule has 1 aromatic carbocycles. The zero-order chi connectivity index (χ0) is 12.5. The molecule has 1 aromatic heterocycles. The minimum atomic E-state index is -0.838. The van der Waals surface area contributed by atoms with Crippen molar-refractivity contribution in [3.05, 3.63) is 29.6 Å². The zero-order valence-corrected chi connectivity index (χ0v) is 10.7. The molecule has 0 atom stereocenters. The number of fused-ring (bicyclic) bond motifs is 1. The number of hydrogen-bond donors (Lipinski definition) is 1. The maximum absolute atomic E-state index is 13.1. The van der Waals surface area contributed by atoms with Gasteiger partial charge >= 0.3 is 0 Å². The fourth-order valence-electron chi connectivity index (χ4n) is 2.38. The molecule has 0 aliphatic carbocycles. The molecule has 96 valence electrons. The van der Waals surface area contributed by atoms with Gasteiger partial charge in [0.05, 0.1) is 11.0 Å². The number of halogens is 2. The lowest BCUT2D eigenvalue weighted by molar-refractivity contribution is 0.478. The van der Waals surface area contributed by atoms with Gasteiger partial charge in [0.15, 0.2) is 11.6 Å². The van der Waals surface area contributed by atoms with E-state index in [4.69, 9.17) is 0 Å². The van der Waals surface area contributed by atoms with Crippen LogP contribution < -0.4 is 0 Å². The van der Waals surface area contributed by atoms with Gasteiger partial charge in [-0.1, -0.05) is 0 Å². The summed E-state index contributed by atoms with van der Waals surface area (Å²) >= 11 is 1.99. The number of aromatic amines is 1. The van der Waals surface area contributed by atoms with E-state index in [9.17, 15) is 8.78 Å². The summed E-state index contributed by atoms with van der Waals surface area (Å²) in [5, 5.41) is 0. The highest BCUT2D eigenvalue weighted by molar-refractivity contribution is 7.99. The van der Waals surface area contributed by atoms with Crippen molar-refractivity contribution < 1.29 is 8.78 Å². The number of nitrogens with one attached hydrogen (secondary N) is 1. The lowest BCUT2D eigenvalue weighted by Crippen LogP contribution is -2.12. The Morgan fingerprint density at radius 1 is 1.22 bits per heavy atom. The Kier molecular flexibility index (Phi) is 3.24. The maximum atomic E-state index is 13.1. The lowest BCUT2D eigenvalue weighted by Gasteiger charge is -2.19. The van der Waals surface area contributed by atoms with Crippen LogP contribution >= 0.6 is 11.8 Å². The fraction of sp³-hybridized carbons (Fsp3) is 0.462. The molecule has 18 heavy (non-hydrogen) atoms. The van der Waals surface area contributed by atoms with Gasteiger partial charge in [0.1, 0.15) is 5.82 Å². The molecular weight excluding hydrogens is 254 g/mol. The summed E-state index contributed by atoms with van der Waals surface area (Å²) in [6, 6.07) is 2.33. The van der Waals surface area contributed by atoms with E-state index in [0.29, 0.717) is 17.0 Å². The predicted octanol–water partition coefficient (Wildman–Crippen LogP) is 3.53. The highest BCUT2D eigenvalue weighted by Gasteiger charge is 2.16. The van der Waals surface area contributed by atoms with Crippen molar-refractivity contribution in [3.63, 3.8) is 0 Å². The van der Waals surface area contributed by atoms with Crippen LogP contribution in [0.25, 0.3) is 11.0 Å². The SMILES string of the molecule is Fc1cc2nc(CC3CCSCC3)[nH]c2cc1F. The van der Waals surface area contributed by atoms with E-state index in [1.807, 2.05) is 11.8 Å². The van der Waals surface area contributed by atoms with Gasteiger partial charge in [-0.3, -0.25) is 0 Å². The topological polar surface area (TPSA) is 28.7 Å². The molecule has 1 saturated heterocycles. The molecular formula is C13H14F2N2S. The summed E-state index contributed by atoms with van der Waals surface area (Å²) in [4.78, 5) is 7.43. The highest BCUT2D eigenvalue weighted by atomic mass is 32.2. The van der Waals surface area contributed by atoms with Gasteiger partial charge in [0.2, 0.25) is 0 Å². The largest absolute Gasteiger partial charge is 0.342 e. The summed E-state index contributed by atoms with van der Waals surface area (Å²) in [7, 11) is 0. The average Bonchev–Trinajstić information content (AvgIpc) is 2.72. The first-order chi connectivity index (χ1) is 8.72. The Morgan fingerprint density at radius 3 is 2.72 bits per heavy atom. The molecule has 2 nitrogen and oxygen atoms in total. The minimum absolute atomic E-state index is 0.508. The van der Waals surface area contributed by atoms with Gasteiger partial charge in [-0.05, 0) is 30.3 Å². The Bertz CT molecular complexity index is 522. The Labute approximate surface area is 108 Å². The molecule has 0 spiro atoms. The Hall–Kier alpha value is -1.10. The van der Waals surface area contributed by atoms with Crippen molar-refractivity contribution in [1.82, 2.24) is 9.97 Å². The first kappa shape index (κ1) is 12.0. The van der Waals surface area contributed by atoms with Gasteiger partial charge < -0.3 is 4.98 Å². The van der Waals surface area contributed by atoms with Crippen molar-refractivity contribution in [3.8, 4) is 0 Å². The van der Waals surface area contributed by atoms with Crippen LogP contribution in [0.5, 0.6) is 0 Å². The standard InChI is InChI=1S/C13H14F2N2S/c14-9-6-11-12(7-10(9)15)17-13(16-11)5-8-1-3-18-4-2-8/h6-8H,1-5H2,(H,16,17). The van der Waals surface area contributed by atoms with Gasteiger partial charge in [0.25, 0.3) is 0 Å². The molecule has 5 heteroatoms. The quantitative estimate of drug-likeness (QED) is 0.902. The second kappa shape index (κ2) is 4.88. The third-order valence-corrected chi connectivity index (χ3v) is 4.44. The minimum Gasteiger partial charge on any atom is -0.342 e. The van der Waals surface area contributed by atoms with Crippen LogP contribution in [0.1, 0.15) is 18.7 Å². The molecule has 2 aromatic rings. The van der Waals surface area contributed by atoms with E-state index in [2.05, 4.69) is 9.97 Å². The van der Waals surface area contributed by atoms with Crippen molar-refractivity contribution in [2.24, 2.45) is 5.92 Å². The molecule has 2 heterocycles. The van der Waals surface area contributed by atoms with E-state index in [1.54, 1.807) is 0 Å². The fourth-order valence-corrected chi connectivity index (χ4v) is 3.58. The number of nitrogens with zero attached hydrogens (tertiary/aromatic N) is 1. The highest BCUT2D eigenvalue weighted by Crippen LogP contribution is 2.26. The maximum Gasteiger partial charge on any atom is 0.161 e. The molecule has 0 saturated carbocycles. The van der Waals surface area contributed by atoms with Gasteiger partial charge in [-0.2, -0.15) is 11.8 Å². The molecule has 1 aliphatic heterocycles. The van der Waals surface area contributed by atoms with Gasteiger partial charge in [-0.25, -0.2) is 13.8 Å². The van der Waals surface area contributed by atoms with Crippen LogP contribution in [0, 0.1) is 17.6 Å². The molecule has 0 unspecified atom stereocenters. The molecule has 0 bridgehead atoms. The number of rotatable bonds is 2. The first-order valence-corrected chi connectivity index (χ1v) is 7.29. The summed E-state index contributed by atoms with van der Waals surface area (Å²) in [6.07, 6.45) is 3.27. The third-order valence-electron chi connectivity index (χ3n) is 3.40. The Balaban J connectivity index is 1.84. The van der Waals surface area contributed by atoms with Crippen LogP contribution in [-0.2, 0) is 6.42 Å². The van der Waals surface area contributed by atoms with E-state index < -0.39 is 11.6 Å². The molecule has 1 N–H and O–H groups in total. The zero-order valence-electron chi connectivity index (χ0n) is 9.88. The second-order valence-corrected chi connectivity index (χ2v) is 5.95. The van der Waals surface area contributed by atoms with Crippen LogP contribution in [-0.4, -0.2) is 21.5 Å². The average molecular weight is 268 g/mol. The van der Waals surface area contributed by atoms with Crippen molar-refractivity contribution in [1.29, 1.82) is 0 Å².